The zero-order valence-corrected chi connectivity index (χ0v) is 14.6. The fourth-order valence-electron chi connectivity index (χ4n) is 2.83. The lowest BCUT2D eigenvalue weighted by atomic mass is 10.2. The molecule has 1 heterocycles. The maximum absolute atomic E-state index is 12.3. The van der Waals surface area contributed by atoms with Gasteiger partial charge in [0.15, 0.2) is 0 Å². The minimum Gasteiger partial charge on any atom is -0.328 e. The summed E-state index contributed by atoms with van der Waals surface area (Å²) in [4.78, 5) is 39.6. The van der Waals surface area contributed by atoms with Crippen molar-refractivity contribution in [2.75, 3.05) is 25.0 Å². The van der Waals surface area contributed by atoms with Gasteiger partial charge in [-0.2, -0.15) is 0 Å². The summed E-state index contributed by atoms with van der Waals surface area (Å²) in [6.45, 7) is 2.99. The number of hydrogen-bond acceptors (Lipinski definition) is 3. The van der Waals surface area contributed by atoms with Crippen LogP contribution in [0.5, 0.6) is 0 Å². The number of nitrogens with one attached hydrogen (secondary N) is 1. The average molecular weight is 351 g/mol. The monoisotopic (exact) mass is 351 g/mol. The van der Waals surface area contributed by atoms with Crippen LogP contribution in [0.2, 0.25) is 0 Å². The summed E-state index contributed by atoms with van der Waals surface area (Å²) < 4.78 is 0. The first kappa shape index (κ1) is 17.7. The standard InChI is InChI=1S/C20H21N3O3/c1-15-7-9-17(10-8-15)21-18(24)14-23-12-11-22(19(25)20(23)26)13-16-5-3-2-4-6-16/h2-10H,11-14H2,1H3,(H,21,24). The van der Waals surface area contributed by atoms with Crippen molar-refractivity contribution in [1.29, 1.82) is 0 Å². The zero-order valence-electron chi connectivity index (χ0n) is 14.6. The fraction of sp³-hybridized carbons (Fsp3) is 0.250. The van der Waals surface area contributed by atoms with Crippen molar-refractivity contribution < 1.29 is 14.4 Å². The quantitative estimate of drug-likeness (QED) is 0.835. The highest BCUT2D eigenvalue weighted by molar-refractivity contribution is 6.35. The molecule has 0 bridgehead atoms. The first-order valence-corrected chi connectivity index (χ1v) is 8.51. The average Bonchev–Trinajstić information content (AvgIpc) is 2.64. The number of piperazine rings is 1. The third-order valence-corrected chi connectivity index (χ3v) is 4.28. The molecule has 1 fully saturated rings. The topological polar surface area (TPSA) is 69.7 Å². The van der Waals surface area contributed by atoms with E-state index < -0.39 is 11.8 Å². The normalized spacial score (nSPS) is 14.5. The van der Waals surface area contributed by atoms with Crippen molar-refractivity contribution in [1.82, 2.24) is 9.80 Å². The number of amides is 3. The summed E-state index contributed by atoms with van der Waals surface area (Å²) in [7, 11) is 0. The molecule has 6 heteroatoms. The van der Waals surface area contributed by atoms with Crippen LogP contribution in [-0.4, -0.2) is 47.2 Å². The van der Waals surface area contributed by atoms with E-state index in [4.69, 9.17) is 0 Å². The van der Waals surface area contributed by atoms with Gasteiger partial charge in [0.2, 0.25) is 5.91 Å². The Morgan fingerprint density at radius 2 is 1.54 bits per heavy atom. The van der Waals surface area contributed by atoms with Crippen LogP contribution in [0.25, 0.3) is 0 Å². The Bertz CT molecular complexity index is 803. The van der Waals surface area contributed by atoms with Gasteiger partial charge in [-0.3, -0.25) is 14.4 Å². The third-order valence-electron chi connectivity index (χ3n) is 4.28. The van der Waals surface area contributed by atoms with Crippen molar-refractivity contribution in [3.8, 4) is 0 Å². The fourth-order valence-corrected chi connectivity index (χ4v) is 2.83. The van der Waals surface area contributed by atoms with Crippen molar-refractivity contribution in [3.05, 3.63) is 65.7 Å². The van der Waals surface area contributed by atoms with Crippen molar-refractivity contribution >= 4 is 23.4 Å². The molecule has 0 radical (unpaired) electrons. The number of aryl methyl sites for hydroxylation is 1. The van der Waals surface area contributed by atoms with Gasteiger partial charge in [0, 0.05) is 25.3 Å². The SMILES string of the molecule is Cc1ccc(NC(=O)CN2CCN(Cc3ccccc3)C(=O)C2=O)cc1. The summed E-state index contributed by atoms with van der Waals surface area (Å²) in [5.74, 6) is -1.51. The van der Waals surface area contributed by atoms with E-state index in [0.717, 1.165) is 11.1 Å². The molecule has 6 nitrogen and oxygen atoms in total. The summed E-state index contributed by atoms with van der Waals surface area (Å²) in [6, 6.07) is 16.9. The Morgan fingerprint density at radius 1 is 0.923 bits per heavy atom. The van der Waals surface area contributed by atoms with Gasteiger partial charge < -0.3 is 15.1 Å². The molecule has 3 amide bonds. The molecule has 2 aromatic carbocycles. The number of carbonyl (C=O) groups excluding carboxylic acids is 3. The number of benzene rings is 2. The molecule has 0 atom stereocenters. The van der Waals surface area contributed by atoms with Crippen molar-refractivity contribution in [3.63, 3.8) is 0 Å². The largest absolute Gasteiger partial charge is 0.328 e. The molecule has 1 aliphatic rings. The smallest absolute Gasteiger partial charge is 0.312 e. The molecule has 134 valence electrons. The Labute approximate surface area is 152 Å². The van der Waals surface area contributed by atoms with Gasteiger partial charge in [-0.05, 0) is 24.6 Å². The summed E-state index contributed by atoms with van der Waals surface area (Å²) in [5.41, 5.74) is 2.74. The summed E-state index contributed by atoms with van der Waals surface area (Å²) in [6.07, 6.45) is 0. The van der Waals surface area contributed by atoms with Gasteiger partial charge in [-0.1, -0.05) is 48.0 Å². The zero-order chi connectivity index (χ0) is 18.5. The molecule has 0 aromatic heterocycles. The minimum absolute atomic E-state index is 0.127. The van der Waals surface area contributed by atoms with E-state index in [1.54, 1.807) is 12.1 Å². The van der Waals surface area contributed by atoms with Crippen LogP contribution in [0, 0.1) is 6.92 Å². The molecule has 0 spiro atoms. The maximum Gasteiger partial charge on any atom is 0.312 e. The summed E-state index contributed by atoms with van der Waals surface area (Å²) >= 11 is 0. The van der Waals surface area contributed by atoms with Crippen LogP contribution in [0.1, 0.15) is 11.1 Å². The Kier molecular flexibility index (Phi) is 5.31. The second-order valence-electron chi connectivity index (χ2n) is 6.35. The van der Waals surface area contributed by atoms with E-state index in [1.165, 1.54) is 9.80 Å². The van der Waals surface area contributed by atoms with Crippen molar-refractivity contribution in [2.24, 2.45) is 0 Å². The van der Waals surface area contributed by atoms with Gasteiger partial charge in [0.1, 0.15) is 6.54 Å². The molecular weight excluding hydrogens is 330 g/mol. The van der Waals surface area contributed by atoms with E-state index in [-0.39, 0.29) is 12.5 Å². The minimum atomic E-state index is -0.633. The molecule has 0 unspecified atom stereocenters. The van der Waals surface area contributed by atoms with Gasteiger partial charge >= 0.3 is 11.8 Å². The van der Waals surface area contributed by atoms with Crippen LogP contribution in [0.4, 0.5) is 5.69 Å². The molecule has 1 saturated heterocycles. The van der Waals surface area contributed by atoms with Crippen molar-refractivity contribution in [2.45, 2.75) is 13.5 Å². The highest BCUT2D eigenvalue weighted by atomic mass is 16.2. The molecule has 0 saturated carbocycles. The Morgan fingerprint density at radius 3 is 2.23 bits per heavy atom. The molecule has 2 aromatic rings. The number of nitrogens with zero attached hydrogens (tertiary/aromatic N) is 2. The third kappa shape index (κ3) is 4.27. The molecule has 3 rings (SSSR count). The van der Waals surface area contributed by atoms with Crippen LogP contribution in [0.3, 0.4) is 0 Å². The predicted molar refractivity (Wildman–Crippen MR) is 98.2 cm³/mol. The first-order valence-electron chi connectivity index (χ1n) is 8.51. The highest BCUT2D eigenvalue weighted by Crippen LogP contribution is 2.12. The van der Waals surface area contributed by atoms with Crippen LogP contribution in [-0.2, 0) is 20.9 Å². The number of carbonyl (C=O) groups is 3. The van der Waals surface area contributed by atoms with E-state index in [2.05, 4.69) is 5.32 Å². The van der Waals surface area contributed by atoms with Gasteiger partial charge in [0.25, 0.3) is 0 Å². The van der Waals surface area contributed by atoms with E-state index in [1.807, 2.05) is 49.4 Å². The van der Waals surface area contributed by atoms with Crippen LogP contribution >= 0.6 is 0 Å². The molecule has 1 N–H and O–H groups in total. The van der Waals surface area contributed by atoms with Crippen LogP contribution in [0.15, 0.2) is 54.6 Å². The lowest BCUT2D eigenvalue weighted by molar-refractivity contribution is -0.157. The summed E-state index contributed by atoms with van der Waals surface area (Å²) in [5, 5.41) is 2.75. The Hall–Kier alpha value is -3.15. The molecule has 1 aliphatic heterocycles. The van der Waals surface area contributed by atoms with Gasteiger partial charge in [-0.25, -0.2) is 0 Å². The number of anilines is 1. The van der Waals surface area contributed by atoms with Crippen LogP contribution < -0.4 is 5.32 Å². The second-order valence-corrected chi connectivity index (χ2v) is 6.35. The Balaban J connectivity index is 1.55. The van der Waals surface area contributed by atoms with E-state index in [9.17, 15) is 14.4 Å². The maximum atomic E-state index is 12.3. The van der Waals surface area contributed by atoms with E-state index in [0.29, 0.717) is 25.3 Å². The lowest BCUT2D eigenvalue weighted by Gasteiger charge is -2.33. The molecule has 26 heavy (non-hydrogen) atoms. The lowest BCUT2D eigenvalue weighted by Crippen LogP contribution is -2.55. The van der Waals surface area contributed by atoms with E-state index >= 15 is 0 Å². The number of hydrogen-bond donors (Lipinski definition) is 1. The van der Waals surface area contributed by atoms with Gasteiger partial charge in [-0.15, -0.1) is 0 Å². The predicted octanol–water partition coefficient (Wildman–Crippen LogP) is 1.80. The van der Waals surface area contributed by atoms with Gasteiger partial charge in [0.05, 0.1) is 0 Å². The number of rotatable bonds is 5. The highest BCUT2D eigenvalue weighted by Gasteiger charge is 2.33. The molecular formula is C20H21N3O3. The first-order chi connectivity index (χ1) is 12.5. The molecule has 0 aliphatic carbocycles. The second kappa shape index (κ2) is 7.82.